The largest absolute Gasteiger partial charge is 0.315 e. The summed E-state index contributed by atoms with van der Waals surface area (Å²) in [4.78, 5) is 5.64. The first-order valence-corrected chi connectivity index (χ1v) is 9.20. The number of fused-ring (bicyclic) bond motifs is 1. The van der Waals surface area contributed by atoms with Gasteiger partial charge in [-0.15, -0.1) is 0 Å². The molecule has 3 heteroatoms. The van der Waals surface area contributed by atoms with E-state index in [1.54, 1.807) is 0 Å². The third-order valence-corrected chi connectivity index (χ3v) is 6.52. The van der Waals surface area contributed by atoms with Gasteiger partial charge in [-0.3, -0.25) is 9.80 Å². The summed E-state index contributed by atoms with van der Waals surface area (Å²) in [6, 6.07) is 2.92. The van der Waals surface area contributed by atoms with E-state index >= 15 is 0 Å². The second-order valence-electron chi connectivity index (χ2n) is 8.40. The highest BCUT2D eigenvalue weighted by atomic mass is 15.3. The Balaban J connectivity index is 1.75. The molecule has 3 nitrogen and oxygen atoms in total. The second kappa shape index (κ2) is 6.17. The smallest absolute Gasteiger partial charge is 0.0271 e. The summed E-state index contributed by atoms with van der Waals surface area (Å²) in [6.07, 6.45) is 8.42. The molecule has 3 rings (SSSR count). The Labute approximate surface area is 131 Å². The van der Waals surface area contributed by atoms with Crippen LogP contribution in [0.5, 0.6) is 0 Å². The first kappa shape index (κ1) is 15.8. The van der Waals surface area contributed by atoms with Crippen LogP contribution >= 0.6 is 0 Å². The fraction of sp³-hybridized carbons (Fsp3) is 1.00. The Bertz CT molecular complexity index is 354. The summed E-state index contributed by atoms with van der Waals surface area (Å²) < 4.78 is 0. The van der Waals surface area contributed by atoms with Gasteiger partial charge in [-0.2, -0.15) is 0 Å². The number of likely N-dealkylation sites (N-methyl/N-ethyl adjacent to an activating group) is 1. The lowest BCUT2D eigenvalue weighted by molar-refractivity contribution is -0.0424. The van der Waals surface area contributed by atoms with Crippen LogP contribution in [0.1, 0.15) is 59.3 Å². The molecule has 0 radical (unpaired) electrons. The molecule has 0 amide bonds. The van der Waals surface area contributed by atoms with Gasteiger partial charge in [0.15, 0.2) is 0 Å². The first-order valence-electron chi connectivity index (χ1n) is 9.20. The molecule has 21 heavy (non-hydrogen) atoms. The van der Waals surface area contributed by atoms with Gasteiger partial charge >= 0.3 is 0 Å². The van der Waals surface area contributed by atoms with Gasteiger partial charge in [-0.1, -0.05) is 26.7 Å². The van der Waals surface area contributed by atoms with Gasteiger partial charge < -0.3 is 5.32 Å². The minimum atomic E-state index is 0.432. The van der Waals surface area contributed by atoms with E-state index in [1.807, 2.05) is 0 Å². The van der Waals surface area contributed by atoms with Gasteiger partial charge in [0.1, 0.15) is 0 Å². The summed E-state index contributed by atoms with van der Waals surface area (Å²) in [7, 11) is 2.17. The third-order valence-electron chi connectivity index (χ3n) is 6.52. The normalized spacial score (nSPS) is 41.7. The van der Waals surface area contributed by atoms with Crippen LogP contribution in [0.15, 0.2) is 0 Å². The maximum absolute atomic E-state index is 3.68. The topological polar surface area (TPSA) is 18.5 Å². The van der Waals surface area contributed by atoms with Crippen molar-refractivity contribution in [3.05, 3.63) is 0 Å². The molecule has 0 aromatic rings. The summed E-state index contributed by atoms with van der Waals surface area (Å²) in [5, 5.41) is 3.68. The molecule has 4 unspecified atom stereocenters. The van der Waals surface area contributed by atoms with Crippen LogP contribution < -0.4 is 5.32 Å². The summed E-state index contributed by atoms with van der Waals surface area (Å²) in [5.41, 5.74) is 0.432. The van der Waals surface area contributed by atoms with Gasteiger partial charge in [0.25, 0.3) is 0 Å². The molecule has 1 saturated carbocycles. The molecule has 2 heterocycles. The van der Waals surface area contributed by atoms with E-state index in [1.165, 1.54) is 58.2 Å². The van der Waals surface area contributed by atoms with Gasteiger partial charge in [-0.25, -0.2) is 0 Å². The molecule has 0 bridgehead atoms. The fourth-order valence-corrected chi connectivity index (χ4v) is 5.39. The van der Waals surface area contributed by atoms with E-state index in [-0.39, 0.29) is 0 Å². The van der Waals surface area contributed by atoms with E-state index < -0.39 is 0 Å². The van der Waals surface area contributed by atoms with Crippen molar-refractivity contribution in [2.24, 2.45) is 5.41 Å². The molecule has 1 aliphatic carbocycles. The summed E-state index contributed by atoms with van der Waals surface area (Å²) >= 11 is 0. The lowest BCUT2D eigenvalue weighted by Gasteiger charge is -2.55. The van der Waals surface area contributed by atoms with Crippen molar-refractivity contribution in [2.45, 2.75) is 83.5 Å². The monoisotopic (exact) mass is 293 g/mol. The number of piperazine rings is 1. The predicted molar refractivity (Wildman–Crippen MR) is 89.6 cm³/mol. The molecular formula is C18H35N3. The number of piperidine rings is 1. The second-order valence-corrected chi connectivity index (χ2v) is 8.40. The van der Waals surface area contributed by atoms with Crippen molar-refractivity contribution < 1.29 is 0 Å². The zero-order chi connectivity index (χ0) is 15.0. The van der Waals surface area contributed by atoms with E-state index in [0.29, 0.717) is 17.5 Å². The molecule has 3 aliphatic rings. The molecule has 2 aliphatic heterocycles. The number of nitrogens with one attached hydrogen (secondary N) is 1. The average Bonchev–Trinajstić information content (AvgIpc) is 2.45. The lowest BCUT2D eigenvalue weighted by Crippen LogP contribution is -2.66. The molecule has 3 fully saturated rings. The zero-order valence-electron chi connectivity index (χ0n) is 14.6. The first-order chi connectivity index (χ1) is 10.0. The van der Waals surface area contributed by atoms with Crippen LogP contribution in [0.4, 0.5) is 0 Å². The standard InChI is InChI=1S/C18H35N3/c1-14-12-20-11-6-5-8-15(20)13-21(14)16-9-7-10-18(2,3)17(16)19-4/h14-17,19H,5-13H2,1-4H3. The Morgan fingerprint density at radius 1 is 1.05 bits per heavy atom. The minimum Gasteiger partial charge on any atom is -0.315 e. The van der Waals surface area contributed by atoms with Gasteiger partial charge in [0, 0.05) is 37.3 Å². The van der Waals surface area contributed by atoms with E-state index in [9.17, 15) is 0 Å². The fourth-order valence-electron chi connectivity index (χ4n) is 5.39. The molecule has 0 spiro atoms. The van der Waals surface area contributed by atoms with Crippen molar-refractivity contribution in [2.75, 3.05) is 26.7 Å². The Morgan fingerprint density at radius 3 is 2.62 bits per heavy atom. The van der Waals surface area contributed by atoms with Crippen molar-refractivity contribution in [1.29, 1.82) is 0 Å². The van der Waals surface area contributed by atoms with Crippen molar-refractivity contribution in [3.8, 4) is 0 Å². The van der Waals surface area contributed by atoms with Crippen LogP contribution in [-0.2, 0) is 0 Å². The van der Waals surface area contributed by atoms with Crippen LogP contribution in [0.25, 0.3) is 0 Å². The minimum absolute atomic E-state index is 0.432. The molecule has 1 N–H and O–H groups in total. The van der Waals surface area contributed by atoms with Gasteiger partial charge in [0.05, 0.1) is 0 Å². The highest BCUT2D eigenvalue weighted by Crippen LogP contribution is 2.39. The summed E-state index contributed by atoms with van der Waals surface area (Å²) in [6.45, 7) is 11.3. The van der Waals surface area contributed by atoms with Crippen LogP contribution in [0.2, 0.25) is 0 Å². The zero-order valence-corrected chi connectivity index (χ0v) is 14.6. The maximum atomic E-state index is 3.68. The SMILES string of the molecule is CNC1C(N2CC3CCCCN3CC2C)CCCC1(C)C. The molecule has 4 atom stereocenters. The molecule has 0 aromatic carbocycles. The quantitative estimate of drug-likeness (QED) is 0.844. The van der Waals surface area contributed by atoms with Crippen LogP contribution in [0.3, 0.4) is 0 Å². The Hall–Kier alpha value is -0.120. The van der Waals surface area contributed by atoms with Crippen molar-refractivity contribution >= 4 is 0 Å². The lowest BCUT2D eigenvalue weighted by atomic mass is 9.70. The highest BCUT2D eigenvalue weighted by Gasteiger charge is 2.44. The summed E-state index contributed by atoms with van der Waals surface area (Å²) in [5.74, 6) is 0. The van der Waals surface area contributed by atoms with Crippen LogP contribution in [0, 0.1) is 5.41 Å². The van der Waals surface area contributed by atoms with Gasteiger partial charge in [0.2, 0.25) is 0 Å². The van der Waals surface area contributed by atoms with E-state index in [4.69, 9.17) is 0 Å². The Morgan fingerprint density at radius 2 is 1.86 bits per heavy atom. The number of hydrogen-bond acceptors (Lipinski definition) is 3. The number of hydrogen-bond donors (Lipinski definition) is 1. The number of rotatable bonds is 2. The number of nitrogens with zero attached hydrogens (tertiary/aromatic N) is 2. The molecule has 0 aromatic heterocycles. The third kappa shape index (κ3) is 3.02. The molecule has 122 valence electrons. The van der Waals surface area contributed by atoms with E-state index in [2.05, 4.69) is 42.9 Å². The average molecular weight is 293 g/mol. The van der Waals surface area contributed by atoms with Crippen LogP contribution in [-0.4, -0.2) is 60.6 Å². The molecular weight excluding hydrogens is 258 g/mol. The van der Waals surface area contributed by atoms with Crippen molar-refractivity contribution in [3.63, 3.8) is 0 Å². The molecule has 2 saturated heterocycles. The Kier molecular flexibility index (Phi) is 4.63. The van der Waals surface area contributed by atoms with E-state index in [0.717, 1.165) is 12.1 Å². The van der Waals surface area contributed by atoms with Crippen molar-refractivity contribution in [1.82, 2.24) is 15.1 Å². The van der Waals surface area contributed by atoms with Gasteiger partial charge in [-0.05, 0) is 51.6 Å². The maximum Gasteiger partial charge on any atom is 0.0271 e. The highest BCUT2D eigenvalue weighted by molar-refractivity contribution is 5.01. The predicted octanol–water partition coefficient (Wildman–Crippen LogP) is 2.71.